The number of hydrogen-bond acceptors (Lipinski definition) is 5. The predicted molar refractivity (Wildman–Crippen MR) is 72.9 cm³/mol. The van der Waals surface area contributed by atoms with Gasteiger partial charge in [-0.1, -0.05) is 13.8 Å². The number of carbonyl (C=O) groups excluding carboxylic acids is 1. The largest absolute Gasteiger partial charge is 0.383 e. The minimum Gasteiger partial charge on any atom is -0.383 e. The van der Waals surface area contributed by atoms with Crippen molar-refractivity contribution in [1.82, 2.24) is 15.1 Å². The highest BCUT2D eigenvalue weighted by Gasteiger charge is 2.30. The average molecular weight is 304 g/mol. The van der Waals surface area contributed by atoms with E-state index in [1.54, 1.807) is 13.8 Å². The van der Waals surface area contributed by atoms with Gasteiger partial charge in [0.1, 0.15) is 4.90 Å². The van der Waals surface area contributed by atoms with Gasteiger partial charge in [-0.3, -0.25) is 9.89 Å². The molecular weight excluding hydrogens is 284 g/mol. The molecule has 0 aliphatic heterocycles. The molecule has 0 radical (unpaired) electrons. The summed E-state index contributed by atoms with van der Waals surface area (Å²) in [5.41, 5.74) is 0.144. The first-order valence-corrected chi connectivity index (χ1v) is 7.60. The van der Waals surface area contributed by atoms with Crippen LogP contribution >= 0.6 is 0 Å². The van der Waals surface area contributed by atoms with Crippen LogP contribution in [-0.4, -0.2) is 56.7 Å². The fourth-order valence-electron chi connectivity index (χ4n) is 1.68. The van der Waals surface area contributed by atoms with Gasteiger partial charge in [0.2, 0.25) is 10.0 Å². The van der Waals surface area contributed by atoms with Crippen LogP contribution in [0.3, 0.4) is 0 Å². The van der Waals surface area contributed by atoms with E-state index in [9.17, 15) is 13.2 Å². The molecule has 0 atom stereocenters. The minimum absolute atomic E-state index is 0.151. The van der Waals surface area contributed by atoms with E-state index in [1.807, 2.05) is 0 Å². The Bertz CT molecular complexity index is 579. The molecular formula is C11H20N4O4S. The van der Waals surface area contributed by atoms with Crippen LogP contribution in [0, 0.1) is 0 Å². The topological polar surface area (TPSA) is 118 Å². The van der Waals surface area contributed by atoms with Crippen molar-refractivity contribution in [1.29, 1.82) is 0 Å². The Morgan fingerprint density at radius 1 is 1.50 bits per heavy atom. The quantitative estimate of drug-likeness (QED) is 0.760. The summed E-state index contributed by atoms with van der Waals surface area (Å²) in [7, 11) is -0.984. The third-order valence-corrected chi connectivity index (χ3v) is 3.77. The first-order chi connectivity index (χ1) is 9.20. The summed E-state index contributed by atoms with van der Waals surface area (Å²) in [6.07, 6.45) is 0. The summed E-state index contributed by atoms with van der Waals surface area (Å²) < 4.78 is 28.3. The molecule has 0 fully saturated rings. The highest BCUT2D eigenvalue weighted by molar-refractivity contribution is 7.89. The second kappa shape index (κ2) is 6.33. The molecule has 0 bridgehead atoms. The van der Waals surface area contributed by atoms with Crippen LogP contribution in [0.25, 0.3) is 0 Å². The lowest BCUT2D eigenvalue weighted by Gasteiger charge is -2.15. The Morgan fingerprint density at radius 3 is 2.55 bits per heavy atom. The zero-order valence-electron chi connectivity index (χ0n) is 12.0. The number of aromatic nitrogens is 2. The molecule has 20 heavy (non-hydrogen) atoms. The molecule has 1 aromatic rings. The van der Waals surface area contributed by atoms with Crippen molar-refractivity contribution in [3.05, 3.63) is 11.4 Å². The number of nitrogens with zero attached hydrogens (tertiary/aromatic N) is 2. The SMILES string of the molecule is COCCN(C)C(=O)c1n[nH]c(C(C)C)c1S(N)(=O)=O. The van der Waals surface area contributed by atoms with Crippen molar-refractivity contribution in [2.24, 2.45) is 5.14 Å². The number of sulfonamides is 1. The molecule has 0 saturated heterocycles. The highest BCUT2D eigenvalue weighted by atomic mass is 32.2. The molecule has 1 aromatic heterocycles. The Kier molecular flexibility index (Phi) is 5.26. The van der Waals surface area contributed by atoms with Crippen LogP contribution in [0.15, 0.2) is 4.90 Å². The third kappa shape index (κ3) is 3.56. The summed E-state index contributed by atoms with van der Waals surface area (Å²) in [5, 5.41) is 11.6. The van der Waals surface area contributed by atoms with E-state index in [1.165, 1.54) is 19.1 Å². The molecule has 0 aliphatic rings. The number of ether oxygens (including phenoxy) is 1. The van der Waals surface area contributed by atoms with Crippen molar-refractivity contribution < 1.29 is 17.9 Å². The number of hydrogen-bond donors (Lipinski definition) is 2. The number of primary sulfonamides is 1. The Morgan fingerprint density at radius 2 is 2.10 bits per heavy atom. The van der Waals surface area contributed by atoms with E-state index in [-0.39, 0.29) is 16.5 Å². The lowest BCUT2D eigenvalue weighted by molar-refractivity contribution is 0.0735. The molecule has 3 N–H and O–H groups in total. The van der Waals surface area contributed by atoms with Gasteiger partial charge in [0.15, 0.2) is 5.69 Å². The molecule has 1 heterocycles. The number of amides is 1. The Hall–Kier alpha value is -1.45. The van der Waals surface area contributed by atoms with E-state index in [0.29, 0.717) is 18.8 Å². The van der Waals surface area contributed by atoms with E-state index in [4.69, 9.17) is 9.88 Å². The smallest absolute Gasteiger partial charge is 0.275 e. The molecule has 9 heteroatoms. The van der Waals surface area contributed by atoms with Gasteiger partial charge in [0, 0.05) is 20.7 Å². The normalized spacial score (nSPS) is 11.9. The Balaban J connectivity index is 3.23. The van der Waals surface area contributed by atoms with Crippen molar-refractivity contribution in [3.63, 3.8) is 0 Å². The summed E-state index contributed by atoms with van der Waals surface area (Å²) >= 11 is 0. The van der Waals surface area contributed by atoms with E-state index in [0.717, 1.165) is 0 Å². The van der Waals surface area contributed by atoms with Gasteiger partial charge in [-0.2, -0.15) is 5.10 Å². The van der Waals surface area contributed by atoms with Crippen molar-refractivity contribution in [3.8, 4) is 0 Å². The summed E-state index contributed by atoms with van der Waals surface area (Å²) in [6, 6.07) is 0. The number of nitrogens with two attached hydrogens (primary N) is 1. The van der Waals surface area contributed by atoms with Crippen molar-refractivity contribution in [2.75, 3.05) is 27.3 Å². The standard InChI is InChI=1S/C11H20N4O4S/c1-7(2)8-10(20(12,17)18)9(14-13-8)11(16)15(3)5-6-19-4/h7H,5-6H2,1-4H3,(H,13,14)(H2,12,17,18). The number of carbonyl (C=O) groups is 1. The molecule has 1 amide bonds. The Labute approximate surface area is 118 Å². The van der Waals surface area contributed by atoms with Gasteiger partial charge >= 0.3 is 0 Å². The van der Waals surface area contributed by atoms with Gasteiger partial charge < -0.3 is 9.64 Å². The number of methoxy groups -OCH3 is 1. The van der Waals surface area contributed by atoms with Gasteiger partial charge in [-0.05, 0) is 5.92 Å². The maximum absolute atomic E-state index is 12.2. The maximum Gasteiger partial charge on any atom is 0.275 e. The number of nitrogens with one attached hydrogen (secondary N) is 1. The average Bonchev–Trinajstić information content (AvgIpc) is 2.79. The van der Waals surface area contributed by atoms with Crippen LogP contribution in [0.5, 0.6) is 0 Å². The van der Waals surface area contributed by atoms with Crippen molar-refractivity contribution >= 4 is 15.9 Å². The zero-order valence-corrected chi connectivity index (χ0v) is 12.8. The van der Waals surface area contributed by atoms with E-state index in [2.05, 4.69) is 10.2 Å². The van der Waals surface area contributed by atoms with Gasteiger partial charge in [0.05, 0.1) is 12.3 Å². The number of likely N-dealkylation sites (N-methyl/N-ethyl adjacent to an activating group) is 1. The molecule has 0 aliphatic carbocycles. The van der Waals surface area contributed by atoms with Crippen LogP contribution in [0.1, 0.15) is 35.9 Å². The second-order valence-corrected chi connectivity index (χ2v) is 6.23. The monoisotopic (exact) mass is 304 g/mol. The number of H-pyrrole nitrogens is 1. The van der Waals surface area contributed by atoms with Crippen LogP contribution in [0.2, 0.25) is 0 Å². The van der Waals surface area contributed by atoms with Gasteiger partial charge in [-0.25, -0.2) is 13.6 Å². The summed E-state index contributed by atoms with van der Waals surface area (Å²) in [5.74, 6) is -0.670. The lowest BCUT2D eigenvalue weighted by Crippen LogP contribution is -2.32. The molecule has 1 rings (SSSR count). The number of rotatable bonds is 6. The second-order valence-electron chi connectivity index (χ2n) is 4.73. The molecule has 114 valence electrons. The lowest BCUT2D eigenvalue weighted by atomic mass is 10.1. The van der Waals surface area contributed by atoms with Crippen LogP contribution in [0.4, 0.5) is 0 Å². The summed E-state index contributed by atoms with van der Waals surface area (Å²) in [4.78, 5) is 13.3. The predicted octanol–water partition coefficient (Wildman–Crippen LogP) is -0.101. The summed E-state index contributed by atoms with van der Waals surface area (Å²) in [6.45, 7) is 4.23. The molecule has 0 aromatic carbocycles. The van der Waals surface area contributed by atoms with Gasteiger partial charge in [0.25, 0.3) is 5.91 Å². The highest BCUT2D eigenvalue weighted by Crippen LogP contribution is 2.24. The van der Waals surface area contributed by atoms with E-state index >= 15 is 0 Å². The minimum atomic E-state index is -4.04. The fraction of sp³-hybridized carbons (Fsp3) is 0.636. The fourth-order valence-corrected chi connectivity index (χ4v) is 2.67. The first-order valence-electron chi connectivity index (χ1n) is 6.05. The maximum atomic E-state index is 12.2. The molecule has 0 saturated carbocycles. The zero-order chi connectivity index (χ0) is 15.5. The van der Waals surface area contributed by atoms with Gasteiger partial charge in [-0.15, -0.1) is 0 Å². The van der Waals surface area contributed by atoms with E-state index < -0.39 is 15.9 Å². The van der Waals surface area contributed by atoms with Crippen LogP contribution < -0.4 is 5.14 Å². The van der Waals surface area contributed by atoms with Crippen LogP contribution in [-0.2, 0) is 14.8 Å². The molecule has 0 spiro atoms. The third-order valence-electron chi connectivity index (χ3n) is 2.79. The number of aromatic amines is 1. The first kappa shape index (κ1) is 16.6. The van der Waals surface area contributed by atoms with Crippen molar-refractivity contribution in [2.45, 2.75) is 24.7 Å². The molecule has 8 nitrogen and oxygen atoms in total. The molecule has 0 unspecified atom stereocenters.